The quantitative estimate of drug-likeness (QED) is 0.857. The standard InChI is InChI=1S/C17H19N3O2/c1-18-17(22)14-8-5-9-19-15(14)11-16(21)12-6-4-7-13(10-12)20(2)3/h4-10H,11H2,1-3H3,(H,18,22). The van der Waals surface area contributed by atoms with E-state index in [2.05, 4.69) is 10.3 Å². The van der Waals surface area contributed by atoms with Crippen molar-refractivity contribution in [3.63, 3.8) is 0 Å². The Labute approximate surface area is 130 Å². The Morgan fingerprint density at radius 3 is 2.64 bits per heavy atom. The average molecular weight is 297 g/mol. The van der Waals surface area contributed by atoms with Gasteiger partial charge in [-0.25, -0.2) is 0 Å². The van der Waals surface area contributed by atoms with Crippen molar-refractivity contribution in [3.8, 4) is 0 Å². The Morgan fingerprint density at radius 2 is 1.95 bits per heavy atom. The molecule has 2 rings (SSSR count). The van der Waals surface area contributed by atoms with Crippen molar-refractivity contribution < 1.29 is 9.59 Å². The first-order chi connectivity index (χ1) is 10.5. The molecule has 1 N–H and O–H groups in total. The van der Waals surface area contributed by atoms with Crippen molar-refractivity contribution >= 4 is 17.4 Å². The Bertz CT molecular complexity index is 696. The molecule has 114 valence electrons. The molecular formula is C17H19N3O2. The zero-order valence-electron chi connectivity index (χ0n) is 13.0. The number of amides is 1. The normalized spacial score (nSPS) is 10.1. The number of nitrogens with zero attached hydrogens (tertiary/aromatic N) is 2. The minimum atomic E-state index is -0.238. The first-order valence-corrected chi connectivity index (χ1v) is 6.99. The van der Waals surface area contributed by atoms with E-state index >= 15 is 0 Å². The smallest absolute Gasteiger partial charge is 0.252 e. The van der Waals surface area contributed by atoms with Gasteiger partial charge in [-0.05, 0) is 24.3 Å². The molecule has 0 unspecified atom stereocenters. The number of Topliss-reactive ketones (excluding diaryl/α,β-unsaturated/α-hetero) is 1. The van der Waals surface area contributed by atoms with Gasteiger partial charge in [-0.1, -0.05) is 12.1 Å². The summed E-state index contributed by atoms with van der Waals surface area (Å²) in [5, 5.41) is 2.56. The largest absolute Gasteiger partial charge is 0.378 e. The molecule has 0 aliphatic rings. The maximum Gasteiger partial charge on any atom is 0.252 e. The number of carbonyl (C=O) groups excluding carboxylic acids is 2. The number of hydrogen-bond donors (Lipinski definition) is 1. The maximum absolute atomic E-state index is 12.5. The molecule has 1 aromatic heterocycles. The predicted molar refractivity (Wildman–Crippen MR) is 86.4 cm³/mol. The third-order valence-corrected chi connectivity index (χ3v) is 3.37. The molecule has 5 heteroatoms. The van der Waals surface area contributed by atoms with E-state index in [1.807, 2.05) is 37.2 Å². The lowest BCUT2D eigenvalue weighted by atomic mass is 10.0. The fraction of sp³-hybridized carbons (Fsp3) is 0.235. The van der Waals surface area contributed by atoms with Gasteiger partial charge in [0.2, 0.25) is 0 Å². The van der Waals surface area contributed by atoms with Crippen LogP contribution in [-0.4, -0.2) is 37.8 Å². The number of nitrogens with one attached hydrogen (secondary N) is 1. The van der Waals surface area contributed by atoms with Gasteiger partial charge in [0.25, 0.3) is 5.91 Å². The molecule has 0 aliphatic heterocycles. The average Bonchev–Trinajstić information content (AvgIpc) is 2.54. The monoisotopic (exact) mass is 297 g/mol. The molecule has 2 aromatic rings. The summed E-state index contributed by atoms with van der Waals surface area (Å²) >= 11 is 0. The highest BCUT2D eigenvalue weighted by Gasteiger charge is 2.15. The van der Waals surface area contributed by atoms with Crippen molar-refractivity contribution in [2.45, 2.75) is 6.42 Å². The van der Waals surface area contributed by atoms with Crippen LogP contribution in [0.15, 0.2) is 42.6 Å². The number of rotatable bonds is 5. The van der Waals surface area contributed by atoms with Crippen LogP contribution >= 0.6 is 0 Å². The minimum Gasteiger partial charge on any atom is -0.378 e. The van der Waals surface area contributed by atoms with Crippen LogP contribution in [0, 0.1) is 0 Å². The van der Waals surface area contributed by atoms with Crippen LogP contribution in [0.1, 0.15) is 26.4 Å². The lowest BCUT2D eigenvalue weighted by molar-refractivity contribution is 0.0961. The van der Waals surface area contributed by atoms with Crippen molar-refractivity contribution in [1.82, 2.24) is 10.3 Å². The molecule has 0 saturated heterocycles. The lowest BCUT2D eigenvalue weighted by Crippen LogP contribution is -2.21. The van der Waals surface area contributed by atoms with Gasteiger partial charge in [-0.2, -0.15) is 0 Å². The van der Waals surface area contributed by atoms with Gasteiger partial charge in [0.15, 0.2) is 5.78 Å². The Morgan fingerprint density at radius 1 is 1.18 bits per heavy atom. The molecule has 1 aromatic carbocycles. The number of aromatic nitrogens is 1. The van der Waals surface area contributed by atoms with Gasteiger partial charge in [0.1, 0.15) is 0 Å². The third kappa shape index (κ3) is 3.49. The Balaban J connectivity index is 2.26. The van der Waals surface area contributed by atoms with Gasteiger partial charge in [0.05, 0.1) is 17.7 Å². The zero-order valence-corrected chi connectivity index (χ0v) is 13.0. The molecule has 5 nitrogen and oxygen atoms in total. The third-order valence-electron chi connectivity index (χ3n) is 3.37. The number of ketones is 1. The van der Waals surface area contributed by atoms with Gasteiger partial charge in [-0.3, -0.25) is 14.6 Å². The molecule has 1 amide bonds. The second kappa shape index (κ2) is 6.85. The predicted octanol–water partition coefficient (Wildman–Crippen LogP) is 1.93. The molecule has 0 saturated carbocycles. The molecule has 0 fully saturated rings. The highest BCUT2D eigenvalue weighted by atomic mass is 16.1. The summed E-state index contributed by atoms with van der Waals surface area (Å²) in [5.41, 5.74) is 2.49. The van der Waals surface area contributed by atoms with Crippen LogP contribution in [0.4, 0.5) is 5.69 Å². The Kier molecular flexibility index (Phi) is 4.88. The minimum absolute atomic E-state index is 0.0625. The molecule has 1 heterocycles. The van der Waals surface area contributed by atoms with E-state index in [0.717, 1.165) is 5.69 Å². The van der Waals surface area contributed by atoms with Gasteiger partial charge >= 0.3 is 0 Å². The van der Waals surface area contributed by atoms with E-state index in [1.165, 1.54) is 0 Å². The summed E-state index contributed by atoms with van der Waals surface area (Å²) in [7, 11) is 5.40. The first kappa shape index (κ1) is 15.7. The molecule has 22 heavy (non-hydrogen) atoms. The molecule has 0 aliphatic carbocycles. The van der Waals surface area contributed by atoms with E-state index in [0.29, 0.717) is 16.8 Å². The fourth-order valence-corrected chi connectivity index (χ4v) is 2.13. The summed E-state index contributed by atoms with van der Waals surface area (Å²) in [6.07, 6.45) is 1.69. The van der Waals surface area contributed by atoms with Gasteiger partial charge < -0.3 is 10.2 Å². The van der Waals surface area contributed by atoms with Crippen LogP contribution in [0.3, 0.4) is 0 Å². The van der Waals surface area contributed by atoms with Crippen LogP contribution in [-0.2, 0) is 6.42 Å². The number of carbonyl (C=O) groups is 2. The lowest BCUT2D eigenvalue weighted by Gasteiger charge is -2.13. The van der Waals surface area contributed by atoms with Crippen molar-refractivity contribution in [3.05, 3.63) is 59.4 Å². The van der Waals surface area contributed by atoms with Crippen LogP contribution < -0.4 is 10.2 Å². The summed E-state index contributed by atoms with van der Waals surface area (Å²) in [4.78, 5) is 30.4. The van der Waals surface area contributed by atoms with Crippen LogP contribution in [0.5, 0.6) is 0 Å². The van der Waals surface area contributed by atoms with Crippen molar-refractivity contribution in [2.75, 3.05) is 26.0 Å². The topological polar surface area (TPSA) is 62.3 Å². The molecule has 0 atom stereocenters. The van der Waals surface area contributed by atoms with Crippen molar-refractivity contribution in [1.29, 1.82) is 0 Å². The first-order valence-electron chi connectivity index (χ1n) is 6.99. The molecule has 0 spiro atoms. The summed E-state index contributed by atoms with van der Waals surface area (Å²) in [6.45, 7) is 0. The molecule has 0 radical (unpaired) electrons. The number of anilines is 1. The highest BCUT2D eigenvalue weighted by Crippen LogP contribution is 2.16. The summed E-state index contributed by atoms with van der Waals surface area (Å²) in [5.74, 6) is -0.300. The highest BCUT2D eigenvalue weighted by molar-refractivity contribution is 6.01. The van der Waals surface area contributed by atoms with Gasteiger partial charge in [-0.15, -0.1) is 0 Å². The van der Waals surface area contributed by atoms with E-state index in [-0.39, 0.29) is 18.1 Å². The van der Waals surface area contributed by atoms with Crippen LogP contribution in [0.2, 0.25) is 0 Å². The van der Waals surface area contributed by atoms with Gasteiger partial charge in [0, 0.05) is 38.6 Å². The second-order valence-electron chi connectivity index (χ2n) is 5.12. The van der Waals surface area contributed by atoms with E-state index in [4.69, 9.17) is 0 Å². The fourth-order valence-electron chi connectivity index (χ4n) is 2.13. The van der Waals surface area contributed by atoms with Crippen LogP contribution in [0.25, 0.3) is 0 Å². The number of hydrogen-bond acceptors (Lipinski definition) is 4. The molecular weight excluding hydrogens is 278 g/mol. The summed E-state index contributed by atoms with van der Waals surface area (Å²) in [6, 6.07) is 10.8. The van der Waals surface area contributed by atoms with E-state index in [1.54, 1.807) is 31.4 Å². The van der Waals surface area contributed by atoms with E-state index < -0.39 is 0 Å². The maximum atomic E-state index is 12.5. The zero-order chi connectivity index (χ0) is 16.1. The number of benzene rings is 1. The SMILES string of the molecule is CNC(=O)c1cccnc1CC(=O)c1cccc(N(C)C)c1. The Hall–Kier alpha value is -2.69. The second-order valence-corrected chi connectivity index (χ2v) is 5.12. The summed E-state index contributed by atoms with van der Waals surface area (Å²) < 4.78 is 0. The van der Waals surface area contributed by atoms with E-state index in [9.17, 15) is 9.59 Å². The number of pyridine rings is 1. The molecule has 0 bridgehead atoms. The van der Waals surface area contributed by atoms with Crippen molar-refractivity contribution in [2.24, 2.45) is 0 Å².